The van der Waals surface area contributed by atoms with Crippen LogP contribution in [0.3, 0.4) is 0 Å². The fraction of sp³-hybridized carbons (Fsp3) is 0.900. The molecule has 15 heavy (non-hydrogen) atoms. The van der Waals surface area contributed by atoms with Gasteiger partial charge in [0.15, 0.2) is 0 Å². The number of nitrogens with zero attached hydrogens (tertiary/aromatic N) is 1. The zero-order valence-corrected chi connectivity index (χ0v) is 10.8. The molecule has 0 aliphatic carbocycles. The molecule has 0 aromatic carbocycles. The van der Waals surface area contributed by atoms with Gasteiger partial charge >= 0.3 is 6.09 Å². The summed E-state index contributed by atoms with van der Waals surface area (Å²) in [6.45, 7) is 10.4. The lowest BCUT2D eigenvalue weighted by atomic mass is 10.0. The van der Waals surface area contributed by atoms with Crippen molar-refractivity contribution < 1.29 is 18.0 Å². The lowest BCUT2D eigenvalue weighted by Gasteiger charge is -2.45. The largest absolute Gasteiger partial charge is 0.527 e. The summed E-state index contributed by atoms with van der Waals surface area (Å²) >= 11 is 1.08. The first-order valence-corrected chi connectivity index (χ1v) is 5.87. The maximum atomic E-state index is 11.4. The van der Waals surface area contributed by atoms with E-state index >= 15 is 0 Å². The van der Waals surface area contributed by atoms with E-state index in [0.29, 0.717) is 6.54 Å². The minimum absolute atomic E-state index is 0.0848. The fourth-order valence-electron chi connectivity index (χ4n) is 1.60. The normalized spacial score (nSPS) is 37.7. The van der Waals surface area contributed by atoms with Crippen LogP contribution in [0, 0.1) is 5.92 Å². The number of quaternary nitrogens is 1. The topological polar surface area (TPSA) is 46.5 Å². The van der Waals surface area contributed by atoms with Gasteiger partial charge < -0.3 is 5.11 Å². The summed E-state index contributed by atoms with van der Waals surface area (Å²) in [6.07, 6.45) is -0.714. The SMILES string of the molecule is CC1C[N+](C(=O)O)(C(C)(C)C)SOC1C. The molecule has 4 nitrogen and oxygen atoms in total. The van der Waals surface area contributed by atoms with Crippen LogP contribution in [-0.2, 0) is 4.18 Å². The van der Waals surface area contributed by atoms with Gasteiger partial charge in [0.1, 0.15) is 12.1 Å². The molecule has 0 radical (unpaired) electrons. The third kappa shape index (κ3) is 2.14. The van der Waals surface area contributed by atoms with Gasteiger partial charge in [-0.2, -0.15) is 4.79 Å². The van der Waals surface area contributed by atoms with Crippen LogP contribution in [0.1, 0.15) is 34.6 Å². The van der Waals surface area contributed by atoms with Crippen molar-refractivity contribution in [3.63, 3.8) is 0 Å². The van der Waals surface area contributed by atoms with Gasteiger partial charge in [0.25, 0.3) is 12.2 Å². The zero-order valence-electron chi connectivity index (χ0n) is 9.98. The van der Waals surface area contributed by atoms with Crippen molar-refractivity contribution in [3.05, 3.63) is 0 Å². The van der Waals surface area contributed by atoms with E-state index in [1.807, 2.05) is 34.6 Å². The molecule has 0 saturated carbocycles. The van der Waals surface area contributed by atoms with E-state index in [1.54, 1.807) is 0 Å². The second-order valence-electron chi connectivity index (χ2n) is 5.23. The first-order valence-electron chi connectivity index (χ1n) is 5.17. The number of rotatable bonds is 0. The Bertz CT molecular complexity index is 264. The van der Waals surface area contributed by atoms with E-state index in [1.165, 1.54) is 0 Å². The fourth-order valence-corrected chi connectivity index (χ4v) is 2.66. The summed E-state index contributed by atoms with van der Waals surface area (Å²) in [6, 6.07) is 0. The molecule has 0 aromatic heterocycles. The van der Waals surface area contributed by atoms with Gasteiger partial charge in [0.05, 0.1) is 6.10 Å². The highest BCUT2D eigenvalue weighted by Crippen LogP contribution is 2.42. The minimum atomic E-state index is -0.828. The molecular formula is C10H20NO3S+. The van der Waals surface area contributed by atoms with Crippen LogP contribution >= 0.6 is 12.2 Å². The predicted octanol–water partition coefficient (Wildman–Crippen LogP) is 2.90. The second kappa shape index (κ2) is 3.96. The van der Waals surface area contributed by atoms with Crippen molar-refractivity contribution in [2.75, 3.05) is 6.54 Å². The van der Waals surface area contributed by atoms with Gasteiger partial charge in [-0.25, -0.2) is 0 Å². The van der Waals surface area contributed by atoms with E-state index in [2.05, 4.69) is 0 Å². The van der Waals surface area contributed by atoms with E-state index in [9.17, 15) is 9.90 Å². The van der Waals surface area contributed by atoms with Crippen molar-refractivity contribution in [2.45, 2.75) is 46.3 Å². The van der Waals surface area contributed by atoms with Gasteiger partial charge in [-0.05, 0) is 27.7 Å². The first-order chi connectivity index (χ1) is 6.71. The van der Waals surface area contributed by atoms with E-state index in [4.69, 9.17) is 4.18 Å². The third-order valence-electron chi connectivity index (χ3n) is 3.06. The average molecular weight is 234 g/mol. The van der Waals surface area contributed by atoms with Crippen molar-refractivity contribution in [1.29, 1.82) is 0 Å². The van der Waals surface area contributed by atoms with Crippen molar-refractivity contribution in [3.8, 4) is 0 Å². The van der Waals surface area contributed by atoms with Crippen molar-refractivity contribution in [2.24, 2.45) is 5.92 Å². The average Bonchev–Trinajstić information content (AvgIpc) is 2.07. The molecule has 1 amide bonds. The van der Waals surface area contributed by atoms with Gasteiger partial charge in [0, 0.05) is 5.92 Å². The number of hydrogen-bond donors (Lipinski definition) is 1. The summed E-state index contributed by atoms with van der Waals surface area (Å²) in [4.78, 5) is 11.4. The molecule has 1 heterocycles. The van der Waals surface area contributed by atoms with Gasteiger partial charge in [-0.3, -0.25) is 4.18 Å². The molecule has 0 spiro atoms. The van der Waals surface area contributed by atoms with Gasteiger partial charge in [-0.15, -0.1) is 3.89 Å². The Morgan fingerprint density at radius 2 is 2.00 bits per heavy atom. The van der Waals surface area contributed by atoms with Crippen LogP contribution in [-0.4, -0.2) is 33.3 Å². The Labute approximate surface area is 95.5 Å². The molecule has 1 N–H and O–H groups in total. The minimum Gasteiger partial charge on any atom is -0.435 e. The van der Waals surface area contributed by atoms with Crippen LogP contribution in [0.4, 0.5) is 4.79 Å². The van der Waals surface area contributed by atoms with Crippen molar-refractivity contribution in [1.82, 2.24) is 0 Å². The lowest BCUT2D eigenvalue weighted by Crippen LogP contribution is -2.62. The Hall–Kier alpha value is -0.260. The Morgan fingerprint density at radius 3 is 2.33 bits per heavy atom. The standard InChI is InChI=1S/C10H19NO3S/c1-7-6-11(9(12)13,10(3,4)5)15-14-8(7)2/h7-8H,6H2,1-5H3/p+1. The van der Waals surface area contributed by atoms with Crippen LogP contribution in [0.25, 0.3) is 0 Å². The molecule has 88 valence electrons. The monoisotopic (exact) mass is 234 g/mol. The maximum absolute atomic E-state index is 11.4. The molecule has 0 aromatic rings. The number of carbonyl (C=O) groups is 1. The summed E-state index contributed by atoms with van der Waals surface area (Å²) < 4.78 is 5.42. The second-order valence-corrected chi connectivity index (χ2v) is 6.19. The smallest absolute Gasteiger partial charge is 0.435 e. The molecule has 3 unspecified atom stereocenters. The van der Waals surface area contributed by atoms with Crippen LogP contribution in [0.15, 0.2) is 0 Å². The molecule has 1 saturated heterocycles. The highest BCUT2D eigenvalue weighted by atomic mass is 32.2. The van der Waals surface area contributed by atoms with E-state index < -0.39 is 6.09 Å². The summed E-state index contributed by atoms with van der Waals surface area (Å²) in [5.41, 5.74) is -0.370. The maximum Gasteiger partial charge on any atom is 0.527 e. The molecule has 3 atom stereocenters. The molecule has 5 heteroatoms. The van der Waals surface area contributed by atoms with Crippen LogP contribution < -0.4 is 0 Å². The van der Waals surface area contributed by atoms with Crippen LogP contribution in [0.5, 0.6) is 0 Å². The predicted molar refractivity (Wildman–Crippen MR) is 60.2 cm³/mol. The molecule has 1 rings (SSSR count). The highest BCUT2D eigenvalue weighted by molar-refractivity contribution is 7.89. The number of hydrogen-bond acceptors (Lipinski definition) is 3. The number of carboxylic acid groups (broad SMARTS) is 1. The van der Waals surface area contributed by atoms with E-state index in [-0.39, 0.29) is 21.4 Å². The Kier molecular flexibility index (Phi) is 3.38. The van der Waals surface area contributed by atoms with E-state index in [0.717, 1.165) is 12.2 Å². The molecular weight excluding hydrogens is 214 g/mol. The molecule has 1 aliphatic rings. The van der Waals surface area contributed by atoms with Gasteiger partial charge in [0.2, 0.25) is 0 Å². The molecule has 1 fully saturated rings. The highest BCUT2D eigenvalue weighted by Gasteiger charge is 2.55. The lowest BCUT2D eigenvalue weighted by molar-refractivity contribution is -0.786. The summed E-state index contributed by atoms with van der Waals surface area (Å²) in [5.74, 6) is 0.251. The Morgan fingerprint density at radius 1 is 1.47 bits per heavy atom. The molecule has 1 aliphatic heterocycles. The first kappa shape index (κ1) is 12.8. The molecule has 0 bridgehead atoms. The van der Waals surface area contributed by atoms with Crippen molar-refractivity contribution >= 4 is 18.3 Å². The van der Waals surface area contributed by atoms with Crippen LogP contribution in [0.2, 0.25) is 0 Å². The number of amides is 1. The quantitative estimate of drug-likeness (QED) is 0.398. The summed E-state index contributed by atoms with van der Waals surface area (Å²) in [5, 5.41) is 9.40. The van der Waals surface area contributed by atoms with Gasteiger partial charge in [-0.1, -0.05) is 6.92 Å². The Balaban J connectivity index is 3.00. The summed E-state index contributed by atoms with van der Waals surface area (Å²) in [7, 11) is 0. The third-order valence-corrected chi connectivity index (χ3v) is 4.56. The zero-order chi connectivity index (χ0) is 11.9.